The van der Waals surface area contributed by atoms with Gasteiger partial charge in [0.05, 0.1) is 6.42 Å². The molecule has 2 aromatic rings. The van der Waals surface area contributed by atoms with Gasteiger partial charge in [-0.2, -0.15) is 0 Å². The Morgan fingerprint density at radius 2 is 1.88 bits per heavy atom. The van der Waals surface area contributed by atoms with Gasteiger partial charge in [-0.3, -0.25) is 15.6 Å². The number of halogens is 2. The highest BCUT2D eigenvalue weighted by molar-refractivity contribution is 7.80. The normalized spacial score (nSPS) is 10.2. The second-order valence-electron chi connectivity index (χ2n) is 5.25. The summed E-state index contributed by atoms with van der Waals surface area (Å²) >= 11 is 11.0. The van der Waals surface area contributed by atoms with E-state index >= 15 is 0 Å². The van der Waals surface area contributed by atoms with Crippen molar-refractivity contribution in [3.63, 3.8) is 0 Å². The third-order valence-corrected chi connectivity index (χ3v) is 4.13. The maximum atomic E-state index is 13.7. The second-order valence-corrected chi connectivity index (χ2v) is 6.07. The van der Waals surface area contributed by atoms with Crippen molar-refractivity contribution in [1.29, 1.82) is 0 Å². The van der Waals surface area contributed by atoms with Gasteiger partial charge in [-0.1, -0.05) is 29.8 Å². The third-order valence-electron chi connectivity index (χ3n) is 3.57. The van der Waals surface area contributed by atoms with Crippen molar-refractivity contribution in [1.82, 2.24) is 10.9 Å². The Hall–Kier alpha value is -2.18. The van der Waals surface area contributed by atoms with Crippen LogP contribution in [-0.4, -0.2) is 11.0 Å². The number of carbonyl (C=O) groups excluding carboxylic acids is 1. The van der Waals surface area contributed by atoms with Crippen LogP contribution in [0.2, 0.25) is 5.02 Å². The van der Waals surface area contributed by atoms with Gasteiger partial charge in [-0.15, -0.1) is 0 Å². The molecule has 24 heavy (non-hydrogen) atoms. The number of benzene rings is 2. The highest BCUT2D eigenvalue weighted by Crippen LogP contribution is 2.19. The Labute approximate surface area is 150 Å². The average Bonchev–Trinajstić information content (AvgIpc) is 2.53. The summed E-state index contributed by atoms with van der Waals surface area (Å²) in [6.45, 7) is 3.97. The number of hydrazine groups is 1. The highest BCUT2D eigenvalue weighted by Gasteiger charge is 2.12. The van der Waals surface area contributed by atoms with E-state index in [1.165, 1.54) is 18.2 Å². The SMILES string of the molecule is Cc1cccc(NC(=S)NNC(=O)Cc2c(F)cccc2Cl)c1C. The maximum absolute atomic E-state index is 13.7. The molecule has 4 nitrogen and oxygen atoms in total. The van der Waals surface area contributed by atoms with Gasteiger partial charge in [-0.05, 0) is 55.4 Å². The zero-order chi connectivity index (χ0) is 17.7. The molecule has 3 N–H and O–H groups in total. The second kappa shape index (κ2) is 8.08. The minimum Gasteiger partial charge on any atom is -0.331 e. The monoisotopic (exact) mass is 365 g/mol. The Kier molecular flexibility index (Phi) is 6.11. The number of amides is 1. The van der Waals surface area contributed by atoms with Crippen molar-refractivity contribution in [2.45, 2.75) is 20.3 Å². The summed E-state index contributed by atoms with van der Waals surface area (Å²) in [5, 5.41) is 3.44. The van der Waals surface area contributed by atoms with Gasteiger partial charge in [0.2, 0.25) is 5.91 Å². The van der Waals surface area contributed by atoms with Crippen molar-refractivity contribution in [3.8, 4) is 0 Å². The van der Waals surface area contributed by atoms with Crippen LogP contribution in [0.3, 0.4) is 0 Å². The van der Waals surface area contributed by atoms with Gasteiger partial charge in [-0.25, -0.2) is 4.39 Å². The molecule has 0 heterocycles. The van der Waals surface area contributed by atoms with Crippen LogP contribution in [0.15, 0.2) is 36.4 Å². The van der Waals surface area contributed by atoms with Crippen molar-refractivity contribution >= 4 is 40.5 Å². The Morgan fingerprint density at radius 1 is 1.17 bits per heavy atom. The van der Waals surface area contributed by atoms with E-state index in [0.717, 1.165) is 16.8 Å². The van der Waals surface area contributed by atoms with E-state index < -0.39 is 11.7 Å². The van der Waals surface area contributed by atoms with Gasteiger partial charge >= 0.3 is 0 Å². The number of rotatable bonds is 3. The summed E-state index contributed by atoms with van der Waals surface area (Å²) in [4.78, 5) is 11.9. The van der Waals surface area contributed by atoms with E-state index in [9.17, 15) is 9.18 Å². The molecule has 0 atom stereocenters. The Balaban J connectivity index is 1.90. The summed E-state index contributed by atoms with van der Waals surface area (Å²) in [7, 11) is 0. The molecule has 0 aliphatic rings. The van der Waals surface area contributed by atoms with Crippen LogP contribution < -0.4 is 16.2 Å². The number of anilines is 1. The van der Waals surface area contributed by atoms with E-state index in [1.54, 1.807) is 0 Å². The fourth-order valence-corrected chi connectivity index (χ4v) is 2.46. The molecule has 0 saturated carbocycles. The van der Waals surface area contributed by atoms with Crippen LogP contribution in [0, 0.1) is 19.7 Å². The molecule has 0 fully saturated rings. The Morgan fingerprint density at radius 3 is 2.58 bits per heavy atom. The standard InChI is InChI=1S/C17H17ClFN3OS/c1-10-5-3-8-15(11(10)2)20-17(24)22-21-16(23)9-12-13(18)6-4-7-14(12)19/h3-8H,9H2,1-2H3,(H,21,23)(H2,20,22,24). The molecule has 2 rings (SSSR count). The lowest BCUT2D eigenvalue weighted by molar-refractivity contribution is -0.121. The minimum atomic E-state index is -0.520. The summed E-state index contributed by atoms with van der Waals surface area (Å²) < 4.78 is 13.7. The number of nitrogens with one attached hydrogen (secondary N) is 3. The number of carbonyl (C=O) groups is 1. The Bertz CT molecular complexity index is 762. The minimum absolute atomic E-state index is 0.145. The molecule has 7 heteroatoms. The lowest BCUT2D eigenvalue weighted by Gasteiger charge is -2.14. The van der Waals surface area contributed by atoms with Gasteiger partial charge in [0.1, 0.15) is 5.82 Å². The summed E-state index contributed by atoms with van der Waals surface area (Å²) in [6, 6.07) is 10.1. The maximum Gasteiger partial charge on any atom is 0.242 e. The molecule has 1 amide bonds. The largest absolute Gasteiger partial charge is 0.331 e. The summed E-state index contributed by atoms with van der Waals surface area (Å²) in [6.07, 6.45) is -0.190. The van der Waals surface area contributed by atoms with Crippen molar-refractivity contribution in [2.24, 2.45) is 0 Å². The average molecular weight is 366 g/mol. The molecule has 126 valence electrons. The summed E-state index contributed by atoms with van der Waals surface area (Å²) in [5.41, 5.74) is 8.19. The molecule has 2 aromatic carbocycles. The predicted octanol–water partition coefficient (Wildman–Crippen LogP) is 3.66. The zero-order valence-electron chi connectivity index (χ0n) is 13.2. The van der Waals surface area contributed by atoms with E-state index in [4.69, 9.17) is 23.8 Å². The number of hydrogen-bond donors (Lipinski definition) is 3. The first-order chi connectivity index (χ1) is 11.4. The van der Waals surface area contributed by atoms with Crippen LogP contribution in [-0.2, 0) is 11.2 Å². The van der Waals surface area contributed by atoms with Crippen molar-refractivity contribution in [2.75, 3.05) is 5.32 Å². The molecule has 0 bridgehead atoms. The highest BCUT2D eigenvalue weighted by atomic mass is 35.5. The topological polar surface area (TPSA) is 53.2 Å². The lowest BCUT2D eigenvalue weighted by Crippen LogP contribution is -2.44. The smallest absolute Gasteiger partial charge is 0.242 e. The quantitative estimate of drug-likeness (QED) is 0.574. The van der Waals surface area contributed by atoms with Crippen LogP contribution >= 0.6 is 23.8 Å². The molecule has 0 aliphatic heterocycles. The molecule has 0 unspecified atom stereocenters. The van der Waals surface area contributed by atoms with Crippen LogP contribution in [0.1, 0.15) is 16.7 Å². The number of thiocarbonyl (C=S) groups is 1. The third kappa shape index (κ3) is 4.66. The fraction of sp³-hybridized carbons (Fsp3) is 0.176. The predicted molar refractivity (Wildman–Crippen MR) is 98.5 cm³/mol. The number of hydrogen-bond acceptors (Lipinski definition) is 2. The molecule has 0 aromatic heterocycles. The molecule has 0 spiro atoms. The zero-order valence-corrected chi connectivity index (χ0v) is 14.8. The van der Waals surface area contributed by atoms with Gasteiger partial charge in [0, 0.05) is 16.3 Å². The molecule has 0 radical (unpaired) electrons. The summed E-state index contributed by atoms with van der Waals surface area (Å²) in [5.74, 6) is -0.971. The first-order valence-corrected chi connectivity index (χ1v) is 8.02. The van der Waals surface area contributed by atoms with E-state index in [1.807, 2.05) is 32.0 Å². The van der Waals surface area contributed by atoms with Gasteiger partial charge in [0.25, 0.3) is 0 Å². The van der Waals surface area contributed by atoms with E-state index in [2.05, 4.69) is 16.2 Å². The first kappa shape index (κ1) is 18.2. The van der Waals surface area contributed by atoms with Gasteiger partial charge < -0.3 is 5.32 Å². The molecule has 0 saturated heterocycles. The molecule has 0 aliphatic carbocycles. The lowest BCUT2D eigenvalue weighted by atomic mass is 10.1. The van der Waals surface area contributed by atoms with Crippen molar-refractivity contribution < 1.29 is 9.18 Å². The van der Waals surface area contributed by atoms with E-state index in [-0.39, 0.29) is 22.1 Å². The molecular formula is C17H17ClFN3OS. The van der Waals surface area contributed by atoms with Crippen LogP contribution in [0.5, 0.6) is 0 Å². The molecular weight excluding hydrogens is 349 g/mol. The fourth-order valence-electron chi connectivity index (χ4n) is 2.07. The van der Waals surface area contributed by atoms with E-state index in [0.29, 0.717) is 0 Å². The van der Waals surface area contributed by atoms with Gasteiger partial charge in [0.15, 0.2) is 5.11 Å². The first-order valence-electron chi connectivity index (χ1n) is 7.23. The number of aryl methyl sites for hydroxylation is 1. The van der Waals surface area contributed by atoms with Crippen LogP contribution in [0.25, 0.3) is 0 Å². The van der Waals surface area contributed by atoms with Crippen LogP contribution in [0.4, 0.5) is 10.1 Å². The van der Waals surface area contributed by atoms with Crippen molar-refractivity contribution in [3.05, 3.63) is 63.9 Å².